The minimum absolute atomic E-state index is 0.0338. The first-order chi connectivity index (χ1) is 11.7. The van der Waals surface area contributed by atoms with Crippen LogP contribution in [0.1, 0.15) is 21.7 Å². The third-order valence-corrected chi connectivity index (χ3v) is 3.53. The van der Waals surface area contributed by atoms with Crippen LogP contribution in [0.25, 0.3) is 5.65 Å². The number of anilines is 1. The highest BCUT2D eigenvalue weighted by atomic mass is 19.4. The van der Waals surface area contributed by atoms with Crippen molar-refractivity contribution in [1.82, 2.24) is 19.2 Å². The lowest BCUT2D eigenvalue weighted by Crippen LogP contribution is -2.20. The fraction of sp³-hybridized carbons (Fsp3) is 0.267. The number of aromatic nitrogens is 4. The van der Waals surface area contributed by atoms with Crippen LogP contribution < -0.4 is 11.1 Å². The number of nitrogens with two attached hydrogens (primary N) is 1. The highest BCUT2D eigenvalue weighted by Gasteiger charge is 2.29. The molecule has 3 rings (SSSR count). The molecule has 0 saturated heterocycles. The smallest absolute Gasteiger partial charge is 0.326 e. The lowest BCUT2D eigenvalue weighted by atomic mass is 10.3. The Kier molecular flexibility index (Phi) is 4.21. The molecular weight excluding hydrogens is 337 g/mol. The van der Waals surface area contributed by atoms with E-state index in [1.165, 1.54) is 19.2 Å². The molecule has 0 aliphatic rings. The number of carbonyl (C=O) groups excluding carboxylic acids is 1. The van der Waals surface area contributed by atoms with Gasteiger partial charge in [-0.05, 0) is 18.6 Å². The Morgan fingerprint density at radius 3 is 2.76 bits per heavy atom. The van der Waals surface area contributed by atoms with Crippen LogP contribution in [0.4, 0.5) is 19.0 Å². The number of alkyl halides is 3. The van der Waals surface area contributed by atoms with Gasteiger partial charge < -0.3 is 15.5 Å². The van der Waals surface area contributed by atoms with E-state index < -0.39 is 18.6 Å². The second-order valence-electron chi connectivity index (χ2n) is 5.53. The summed E-state index contributed by atoms with van der Waals surface area (Å²) in [6.07, 6.45) is -1.12. The van der Waals surface area contributed by atoms with E-state index in [1.54, 1.807) is 22.7 Å². The molecule has 0 bridgehead atoms. The molecule has 25 heavy (non-hydrogen) atoms. The maximum Gasteiger partial charge on any atom is 0.408 e. The number of nitrogens with zero attached hydrogens (tertiary/aromatic N) is 4. The van der Waals surface area contributed by atoms with Gasteiger partial charge in [-0.1, -0.05) is 6.07 Å². The van der Waals surface area contributed by atoms with Crippen LogP contribution in [0.5, 0.6) is 0 Å². The van der Waals surface area contributed by atoms with E-state index in [4.69, 9.17) is 5.73 Å². The molecule has 3 aromatic rings. The van der Waals surface area contributed by atoms with Gasteiger partial charge in [0.05, 0.1) is 0 Å². The predicted octanol–water partition coefficient (Wildman–Crippen LogP) is 2.11. The first kappa shape index (κ1) is 17.0. The normalized spacial score (nSPS) is 11.9. The largest absolute Gasteiger partial charge is 0.408 e. The molecule has 1 amide bonds. The number of carbonyl (C=O) groups is 1. The fourth-order valence-electron chi connectivity index (χ4n) is 2.35. The Bertz CT molecular complexity index is 927. The SMILES string of the molecule is Cc1cc(NC(=O)c2cn3cc(CN)ccc3n2)nn1CC(F)(F)F. The molecule has 0 aliphatic heterocycles. The molecule has 10 heteroatoms. The van der Waals surface area contributed by atoms with Gasteiger partial charge in [0, 0.05) is 30.7 Å². The number of nitrogens with one attached hydrogen (secondary N) is 1. The molecule has 0 atom stereocenters. The van der Waals surface area contributed by atoms with Crippen LogP contribution in [0, 0.1) is 6.92 Å². The van der Waals surface area contributed by atoms with E-state index in [1.807, 2.05) is 0 Å². The number of hydrogen-bond donors (Lipinski definition) is 2. The summed E-state index contributed by atoms with van der Waals surface area (Å²) in [6.45, 7) is 0.615. The second kappa shape index (κ2) is 6.20. The summed E-state index contributed by atoms with van der Waals surface area (Å²) in [5.74, 6) is -0.527. The van der Waals surface area contributed by atoms with Gasteiger partial charge in [-0.25, -0.2) is 4.98 Å². The maximum absolute atomic E-state index is 12.5. The van der Waals surface area contributed by atoms with E-state index in [-0.39, 0.29) is 17.2 Å². The molecule has 132 valence electrons. The number of amides is 1. The van der Waals surface area contributed by atoms with Crippen molar-refractivity contribution in [3.05, 3.63) is 47.5 Å². The van der Waals surface area contributed by atoms with Crippen molar-refractivity contribution >= 4 is 17.4 Å². The monoisotopic (exact) mass is 352 g/mol. The van der Waals surface area contributed by atoms with Crippen molar-refractivity contribution in [2.75, 3.05) is 5.32 Å². The number of pyridine rings is 1. The standard InChI is InChI=1S/C15H15F3N6O/c1-9-4-12(22-24(9)8-15(16,17)18)21-14(25)11-7-23-6-10(5-19)2-3-13(23)20-11/h2-4,6-7H,5,8,19H2,1H3,(H,21,22,25). The molecule has 0 spiro atoms. The van der Waals surface area contributed by atoms with Crippen molar-refractivity contribution in [3.63, 3.8) is 0 Å². The van der Waals surface area contributed by atoms with Crippen LogP contribution in [-0.4, -0.2) is 31.2 Å². The number of hydrogen-bond acceptors (Lipinski definition) is 4. The lowest BCUT2D eigenvalue weighted by Gasteiger charge is -2.07. The topological polar surface area (TPSA) is 90.2 Å². The highest BCUT2D eigenvalue weighted by Crippen LogP contribution is 2.20. The third-order valence-electron chi connectivity index (χ3n) is 3.53. The van der Waals surface area contributed by atoms with Gasteiger partial charge in [0.25, 0.3) is 5.91 Å². The molecule has 0 unspecified atom stereocenters. The lowest BCUT2D eigenvalue weighted by molar-refractivity contribution is -0.142. The third kappa shape index (κ3) is 3.79. The summed E-state index contributed by atoms with van der Waals surface area (Å²) >= 11 is 0. The molecule has 3 heterocycles. The Morgan fingerprint density at radius 2 is 2.08 bits per heavy atom. The van der Waals surface area contributed by atoms with Crippen LogP contribution in [0.3, 0.4) is 0 Å². The fourth-order valence-corrected chi connectivity index (χ4v) is 2.35. The van der Waals surface area contributed by atoms with Crippen LogP contribution >= 0.6 is 0 Å². The number of fused-ring (bicyclic) bond motifs is 1. The summed E-state index contributed by atoms with van der Waals surface area (Å²) in [5.41, 5.74) is 7.41. The van der Waals surface area contributed by atoms with Crippen LogP contribution in [0.15, 0.2) is 30.6 Å². The van der Waals surface area contributed by atoms with Gasteiger partial charge in [-0.3, -0.25) is 9.48 Å². The summed E-state index contributed by atoms with van der Waals surface area (Å²) in [7, 11) is 0. The Balaban J connectivity index is 1.79. The van der Waals surface area contributed by atoms with Gasteiger partial charge in [0.15, 0.2) is 5.82 Å². The number of imidazole rings is 1. The van der Waals surface area contributed by atoms with Crippen molar-refractivity contribution < 1.29 is 18.0 Å². The zero-order valence-electron chi connectivity index (χ0n) is 13.2. The first-order valence-electron chi connectivity index (χ1n) is 7.35. The Labute approximate surface area is 140 Å². The number of aryl methyl sites for hydroxylation is 1. The molecule has 0 saturated carbocycles. The quantitative estimate of drug-likeness (QED) is 0.752. The molecule has 3 N–H and O–H groups in total. The van der Waals surface area contributed by atoms with Crippen LogP contribution in [0.2, 0.25) is 0 Å². The van der Waals surface area contributed by atoms with E-state index in [2.05, 4.69) is 15.4 Å². The van der Waals surface area contributed by atoms with E-state index in [0.29, 0.717) is 12.2 Å². The maximum atomic E-state index is 12.5. The summed E-state index contributed by atoms with van der Waals surface area (Å²) < 4.78 is 39.8. The van der Waals surface area contributed by atoms with Gasteiger partial charge in [0.1, 0.15) is 17.9 Å². The van der Waals surface area contributed by atoms with Crippen LogP contribution in [-0.2, 0) is 13.1 Å². The van der Waals surface area contributed by atoms with Gasteiger partial charge in [-0.15, -0.1) is 0 Å². The van der Waals surface area contributed by atoms with Gasteiger partial charge in [-0.2, -0.15) is 18.3 Å². The average Bonchev–Trinajstić information content (AvgIpc) is 3.08. The first-order valence-corrected chi connectivity index (χ1v) is 7.35. The van der Waals surface area contributed by atoms with Crippen molar-refractivity contribution in [2.24, 2.45) is 5.73 Å². The molecular formula is C15H15F3N6O. The number of rotatable bonds is 4. The molecule has 0 aliphatic carbocycles. The average molecular weight is 352 g/mol. The molecule has 7 nitrogen and oxygen atoms in total. The molecule has 0 aromatic carbocycles. The van der Waals surface area contributed by atoms with Crippen molar-refractivity contribution in [3.8, 4) is 0 Å². The van der Waals surface area contributed by atoms with E-state index >= 15 is 0 Å². The molecule has 3 aromatic heterocycles. The zero-order chi connectivity index (χ0) is 18.2. The summed E-state index contributed by atoms with van der Waals surface area (Å²) in [5, 5.41) is 6.21. The molecule has 0 fully saturated rings. The highest BCUT2D eigenvalue weighted by molar-refractivity contribution is 6.02. The van der Waals surface area contributed by atoms with Crippen molar-refractivity contribution in [1.29, 1.82) is 0 Å². The number of halogens is 3. The minimum atomic E-state index is -4.39. The summed E-state index contributed by atoms with van der Waals surface area (Å²) in [6, 6.07) is 4.89. The predicted molar refractivity (Wildman–Crippen MR) is 84.1 cm³/mol. The minimum Gasteiger partial charge on any atom is -0.326 e. The van der Waals surface area contributed by atoms with Gasteiger partial charge in [0.2, 0.25) is 0 Å². The Hall–Kier alpha value is -2.88. The second-order valence-corrected chi connectivity index (χ2v) is 5.53. The van der Waals surface area contributed by atoms with Crippen molar-refractivity contribution in [2.45, 2.75) is 26.2 Å². The van der Waals surface area contributed by atoms with Gasteiger partial charge >= 0.3 is 6.18 Å². The zero-order valence-corrected chi connectivity index (χ0v) is 13.2. The van der Waals surface area contributed by atoms with E-state index in [0.717, 1.165) is 10.2 Å². The van der Waals surface area contributed by atoms with E-state index in [9.17, 15) is 18.0 Å². The summed E-state index contributed by atoms with van der Waals surface area (Å²) in [4.78, 5) is 16.4. The molecule has 0 radical (unpaired) electrons. The Morgan fingerprint density at radius 1 is 1.32 bits per heavy atom.